The van der Waals surface area contributed by atoms with Gasteiger partial charge in [-0.05, 0) is 61.2 Å². The summed E-state index contributed by atoms with van der Waals surface area (Å²) in [5, 5.41) is 0. The van der Waals surface area contributed by atoms with E-state index < -0.39 is 35.7 Å². The van der Waals surface area contributed by atoms with Gasteiger partial charge in [-0.1, -0.05) is 72.8 Å². The Hall–Kier alpha value is -6.49. The first-order valence-electron chi connectivity index (χ1n) is 17.8. The van der Waals surface area contributed by atoms with Crippen LogP contribution in [-0.2, 0) is 20.8 Å². The normalized spacial score (nSPS) is 19.4. The Labute approximate surface area is 311 Å². The highest BCUT2D eigenvalue weighted by Gasteiger charge is 2.47. The van der Waals surface area contributed by atoms with E-state index in [1.807, 2.05) is 36.4 Å². The fourth-order valence-electron chi connectivity index (χ4n) is 7.22. The van der Waals surface area contributed by atoms with Gasteiger partial charge >= 0.3 is 0 Å². The van der Waals surface area contributed by atoms with Crippen LogP contribution in [0.5, 0.6) is 17.2 Å². The summed E-state index contributed by atoms with van der Waals surface area (Å²) in [6.45, 7) is 4.24. The van der Waals surface area contributed by atoms with Gasteiger partial charge in [-0.3, -0.25) is 43.4 Å². The molecule has 2 heterocycles. The van der Waals surface area contributed by atoms with E-state index in [-0.39, 0.29) is 65.5 Å². The molecule has 272 valence electrons. The number of benzene rings is 4. The van der Waals surface area contributed by atoms with E-state index in [4.69, 9.17) is 9.47 Å². The van der Waals surface area contributed by atoms with Gasteiger partial charge in [0, 0.05) is 19.3 Å². The maximum atomic E-state index is 13.0. The molecule has 4 aromatic carbocycles. The summed E-state index contributed by atoms with van der Waals surface area (Å²) in [6.07, 6.45) is 2.14. The zero-order chi connectivity index (χ0) is 37.9. The number of carbonyl (C=O) groups is 7. The number of hydrogen-bond acceptors (Lipinski definition) is 9. The van der Waals surface area contributed by atoms with Crippen LogP contribution in [0.25, 0.3) is 0 Å². The van der Waals surface area contributed by atoms with Crippen molar-refractivity contribution in [1.82, 2.24) is 9.80 Å². The molecule has 2 aliphatic heterocycles. The van der Waals surface area contributed by atoms with Gasteiger partial charge in [-0.2, -0.15) is 0 Å². The van der Waals surface area contributed by atoms with Crippen molar-refractivity contribution in [2.75, 3.05) is 6.61 Å². The molecule has 2 unspecified atom stereocenters. The Morgan fingerprint density at radius 1 is 0.574 bits per heavy atom. The van der Waals surface area contributed by atoms with Gasteiger partial charge in [0.25, 0.3) is 23.6 Å². The Bertz CT molecular complexity index is 2210. The molecule has 11 heteroatoms. The zero-order valence-corrected chi connectivity index (χ0v) is 29.3. The summed E-state index contributed by atoms with van der Waals surface area (Å²) in [6, 6.07) is 27.1. The fourth-order valence-corrected chi connectivity index (χ4v) is 7.22. The molecule has 0 radical (unpaired) electrons. The molecule has 8 rings (SSSR count). The number of ether oxygens (including phenoxy) is 2. The molecular formula is C43H36N2O9. The van der Waals surface area contributed by atoms with E-state index in [9.17, 15) is 33.6 Å². The average Bonchev–Trinajstić information content (AvgIpc) is 3.57. The summed E-state index contributed by atoms with van der Waals surface area (Å²) in [7, 11) is 0. The van der Waals surface area contributed by atoms with Gasteiger partial charge in [0.05, 0.1) is 47.4 Å². The summed E-state index contributed by atoms with van der Waals surface area (Å²) in [4.78, 5) is 89.7. The van der Waals surface area contributed by atoms with Crippen molar-refractivity contribution in [3.05, 3.63) is 137 Å². The van der Waals surface area contributed by atoms with Gasteiger partial charge in [-0.25, -0.2) is 0 Å². The van der Waals surface area contributed by atoms with Crippen molar-refractivity contribution in [3.8, 4) is 17.2 Å². The third-order valence-electron chi connectivity index (χ3n) is 9.91. The molecule has 0 spiro atoms. The molecule has 11 nitrogen and oxygen atoms in total. The summed E-state index contributed by atoms with van der Waals surface area (Å²) >= 11 is 0. The Kier molecular flexibility index (Phi) is 10.1. The van der Waals surface area contributed by atoms with Crippen LogP contribution in [0.4, 0.5) is 0 Å². The van der Waals surface area contributed by atoms with Gasteiger partial charge in [0.2, 0.25) is 0 Å². The molecule has 4 aliphatic rings. The number of imide groups is 2. The van der Waals surface area contributed by atoms with Crippen LogP contribution < -0.4 is 9.47 Å². The standard InChI is InChI=1S/C23H21NO4.C20H15NO5/c1-15-10-11-18(19(25)14-15)24-22(26)17-8-5-9-20(21(17)23(24)27)28-13-12-16-6-3-2-4-7-16;22-12-9-10-15(16(23)11-12)21-19(24)14-7-4-8-17(18(14)20(21)25)26-13-5-2-1-3-6-13/h2-9,18H,1,10-14H2;1-8,15H,9-11H2. The number of Topliss-reactive ketones (excluding diaryl/α,β-unsaturated/α-hetero) is 3. The second-order valence-corrected chi connectivity index (χ2v) is 13.5. The molecule has 2 saturated carbocycles. The van der Waals surface area contributed by atoms with E-state index in [0.717, 1.165) is 20.9 Å². The molecule has 54 heavy (non-hydrogen) atoms. The van der Waals surface area contributed by atoms with Crippen molar-refractivity contribution < 1.29 is 43.0 Å². The topological polar surface area (TPSA) is 144 Å². The molecule has 2 fully saturated rings. The van der Waals surface area contributed by atoms with Crippen molar-refractivity contribution in [2.45, 2.75) is 57.0 Å². The number of allylic oxidation sites excluding steroid dienone is 1. The van der Waals surface area contributed by atoms with Crippen LogP contribution >= 0.6 is 0 Å². The van der Waals surface area contributed by atoms with Crippen molar-refractivity contribution >= 4 is 41.0 Å². The van der Waals surface area contributed by atoms with E-state index in [2.05, 4.69) is 6.58 Å². The average molecular weight is 725 g/mol. The van der Waals surface area contributed by atoms with Gasteiger partial charge in [0.15, 0.2) is 11.6 Å². The van der Waals surface area contributed by atoms with E-state index in [1.165, 1.54) is 0 Å². The van der Waals surface area contributed by atoms with Crippen molar-refractivity contribution in [3.63, 3.8) is 0 Å². The molecule has 0 bridgehead atoms. The lowest BCUT2D eigenvalue weighted by molar-refractivity contribution is -0.132. The SMILES string of the molecule is C=C1CCC(N2C(=O)c3cccc(OCCc4ccccc4)c3C2=O)C(=O)C1.O=C1CCC(N2C(=O)c3cccc(Oc4ccccc4)c3C2=O)C(=O)C1. The highest BCUT2D eigenvalue weighted by Crippen LogP contribution is 2.37. The Morgan fingerprint density at radius 3 is 1.70 bits per heavy atom. The molecule has 4 amide bonds. The predicted octanol–water partition coefficient (Wildman–Crippen LogP) is 6.35. The molecule has 0 saturated heterocycles. The minimum Gasteiger partial charge on any atom is -0.492 e. The number of fused-ring (bicyclic) bond motifs is 2. The van der Waals surface area contributed by atoms with Gasteiger partial charge < -0.3 is 9.47 Å². The van der Waals surface area contributed by atoms with Crippen LogP contribution in [0.15, 0.2) is 109 Å². The quantitative estimate of drug-likeness (QED) is 0.115. The zero-order valence-electron chi connectivity index (χ0n) is 29.3. The maximum absolute atomic E-state index is 13.0. The molecule has 0 N–H and O–H groups in total. The molecule has 4 aromatic rings. The number of carbonyl (C=O) groups excluding carboxylic acids is 7. The first-order valence-corrected chi connectivity index (χ1v) is 17.8. The molecule has 0 aromatic heterocycles. The smallest absolute Gasteiger partial charge is 0.266 e. The predicted molar refractivity (Wildman–Crippen MR) is 195 cm³/mol. The van der Waals surface area contributed by atoms with Crippen LogP contribution in [-0.4, -0.2) is 69.5 Å². The maximum Gasteiger partial charge on any atom is 0.266 e. The minimum absolute atomic E-state index is 0.127. The van der Waals surface area contributed by atoms with Gasteiger partial charge in [-0.15, -0.1) is 0 Å². The van der Waals surface area contributed by atoms with Crippen LogP contribution in [0.1, 0.15) is 85.5 Å². The number of ketones is 3. The highest BCUT2D eigenvalue weighted by atomic mass is 16.5. The summed E-state index contributed by atoms with van der Waals surface area (Å²) in [5.74, 6) is -1.40. The van der Waals surface area contributed by atoms with Crippen LogP contribution in [0, 0.1) is 0 Å². The molecule has 2 aliphatic carbocycles. The number of amides is 4. The fraction of sp³-hybridized carbons (Fsp3) is 0.233. The van der Waals surface area contributed by atoms with Crippen molar-refractivity contribution in [2.24, 2.45) is 0 Å². The Morgan fingerprint density at radius 2 is 1.11 bits per heavy atom. The lowest BCUT2D eigenvalue weighted by atomic mass is 9.89. The summed E-state index contributed by atoms with van der Waals surface area (Å²) < 4.78 is 11.6. The largest absolute Gasteiger partial charge is 0.492 e. The summed E-state index contributed by atoms with van der Waals surface area (Å²) in [5.41, 5.74) is 2.92. The number of rotatable bonds is 8. The number of nitrogens with zero attached hydrogens (tertiary/aromatic N) is 2. The highest BCUT2D eigenvalue weighted by molar-refractivity contribution is 6.25. The molecule has 2 atom stereocenters. The third kappa shape index (κ3) is 7.00. The molecular weight excluding hydrogens is 688 g/mol. The van der Waals surface area contributed by atoms with Crippen molar-refractivity contribution in [1.29, 1.82) is 0 Å². The third-order valence-corrected chi connectivity index (χ3v) is 9.91. The first kappa shape index (κ1) is 35.9. The first-order chi connectivity index (χ1) is 26.1. The number of hydrogen-bond donors (Lipinski definition) is 0. The van der Waals surface area contributed by atoms with Crippen LogP contribution in [0.2, 0.25) is 0 Å². The Balaban J connectivity index is 0.000000167. The number of para-hydroxylation sites is 1. The minimum atomic E-state index is -0.885. The monoisotopic (exact) mass is 724 g/mol. The lowest BCUT2D eigenvalue weighted by Crippen LogP contribution is -2.47. The lowest BCUT2D eigenvalue weighted by Gasteiger charge is -2.29. The van der Waals surface area contributed by atoms with Gasteiger partial charge in [0.1, 0.15) is 23.0 Å². The van der Waals surface area contributed by atoms with E-state index in [1.54, 1.807) is 60.7 Å². The van der Waals surface area contributed by atoms with E-state index >= 15 is 0 Å². The second kappa shape index (κ2) is 15.2. The second-order valence-electron chi connectivity index (χ2n) is 13.5. The van der Waals surface area contributed by atoms with E-state index in [0.29, 0.717) is 42.9 Å². The van der Waals surface area contributed by atoms with Crippen LogP contribution in [0.3, 0.4) is 0 Å².